The van der Waals surface area contributed by atoms with E-state index in [-0.39, 0.29) is 12.0 Å². The molecule has 0 unspecified atom stereocenters. The van der Waals surface area contributed by atoms with Crippen LogP contribution >= 0.6 is 27.3 Å². The molecule has 4 aromatic heterocycles. The van der Waals surface area contributed by atoms with Gasteiger partial charge in [-0.1, -0.05) is 13.8 Å². The predicted molar refractivity (Wildman–Crippen MR) is 129 cm³/mol. The minimum absolute atomic E-state index is 0.181. The van der Waals surface area contributed by atoms with E-state index < -0.39 is 5.60 Å². The molecule has 168 valence electrons. The van der Waals surface area contributed by atoms with Gasteiger partial charge in [-0.3, -0.25) is 0 Å². The van der Waals surface area contributed by atoms with Gasteiger partial charge in [0.2, 0.25) is 0 Å². The minimum Gasteiger partial charge on any atom is -0.489 e. The van der Waals surface area contributed by atoms with Crippen LogP contribution in [0.5, 0.6) is 5.75 Å². The third-order valence-corrected chi connectivity index (χ3v) is 7.80. The molecule has 0 aliphatic carbocycles. The molecule has 32 heavy (non-hydrogen) atoms. The Bertz CT molecular complexity index is 1390. The Kier molecular flexibility index (Phi) is 4.90. The lowest BCUT2D eigenvalue weighted by atomic mass is 9.93. The molecule has 5 heterocycles. The van der Waals surface area contributed by atoms with Crippen LogP contribution in [0.1, 0.15) is 57.2 Å². The predicted octanol–water partition coefficient (Wildman–Crippen LogP) is 6.32. The summed E-state index contributed by atoms with van der Waals surface area (Å²) in [5.74, 6) is 0.925. The molecule has 0 fully saturated rings. The van der Waals surface area contributed by atoms with Crippen LogP contribution in [0, 0.1) is 6.92 Å². The first-order chi connectivity index (χ1) is 15.1. The fourth-order valence-corrected chi connectivity index (χ4v) is 6.12. The number of hydrogen-bond donors (Lipinski definition) is 0. The van der Waals surface area contributed by atoms with E-state index in [9.17, 15) is 4.79 Å². The first-order valence-corrected chi connectivity index (χ1v) is 12.2. The number of carbonyl (C=O) groups is 1. The molecule has 9 heteroatoms. The van der Waals surface area contributed by atoms with E-state index in [2.05, 4.69) is 46.8 Å². The standard InChI is InChI=1S/C23H25BrN4O3S/c1-11(2)15-16-12(3)19(24)32-21(16)28(22(29)31-23(4,5)6)17(15)14-9-27-20(25-10-26-27)18-13(14)7-8-30-18/h9-11H,7-8H2,1-6H3. The molecule has 0 radical (unpaired) electrons. The second kappa shape index (κ2) is 7.31. The van der Waals surface area contributed by atoms with Gasteiger partial charge in [0.1, 0.15) is 16.8 Å². The summed E-state index contributed by atoms with van der Waals surface area (Å²) in [5.41, 5.74) is 5.18. The lowest BCUT2D eigenvalue weighted by molar-refractivity contribution is 0.0547. The van der Waals surface area contributed by atoms with E-state index in [1.54, 1.807) is 20.4 Å². The number of thiophene rings is 1. The molecule has 0 bridgehead atoms. The number of hydrogen-bond acceptors (Lipinski definition) is 6. The van der Waals surface area contributed by atoms with Crippen LogP contribution in [0.15, 0.2) is 16.3 Å². The van der Waals surface area contributed by atoms with Gasteiger partial charge < -0.3 is 9.47 Å². The fourth-order valence-electron chi connectivity index (χ4n) is 4.42. The molecule has 0 atom stereocenters. The van der Waals surface area contributed by atoms with Crippen molar-refractivity contribution in [3.05, 3.63) is 33.0 Å². The van der Waals surface area contributed by atoms with Crippen LogP contribution in [0.3, 0.4) is 0 Å². The molecular formula is C23H25BrN4O3S. The molecule has 0 spiro atoms. The first-order valence-electron chi connectivity index (χ1n) is 10.6. The molecular weight excluding hydrogens is 492 g/mol. The first kappa shape index (κ1) is 21.5. The highest BCUT2D eigenvalue weighted by Crippen LogP contribution is 2.48. The summed E-state index contributed by atoms with van der Waals surface area (Å²) >= 11 is 5.24. The highest BCUT2D eigenvalue weighted by atomic mass is 79.9. The second-order valence-electron chi connectivity index (χ2n) is 9.39. The monoisotopic (exact) mass is 516 g/mol. The molecule has 4 aromatic rings. The fraction of sp³-hybridized carbons (Fsp3) is 0.435. The Morgan fingerprint density at radius 1 is 1.34 bits per heavy atom. The van der Waals surface area contributed by atoms with E-state index in [0.29, 0.717) is 12.3 Å². The van der Waals surface area contributed by atoms with Gasteiger partial charge in [-0.25, -0.2) is 18.9 Å². The molecule has 5 rings (SSSR count). The lowest BCUT2D eigenvalue weighted by Crippen LogP contribution is -2.27. The summed E-state index contributed by atoms with van der Waals surface area (Å²) in [4.78, 5) is 18.9. The van der Waals surface area contributed by atoms with Crippen molar-refractivity contribution in [2.45, 2.75) is 59.5 Å². The van der Waals surface area contributed by atoms with Crippen LogP contribution in [0.25, 0.3) is 27.1 Å². The quantitative estimate of drug-likeness (QED) is 0.311. The molecule has 0 aromatic carbocycles. The largest absolute Gasteiger partial charge is 0.489 e. The van der Waals surface area contributed by atoms with E-state index in [4.69, 9.17) is 9.47 Å². The van der Waals surface area contributed by atoms with E-state index in [1.165, 1.54) is 6.33 Å². The Morgan fingerprint density at radius 3 is 2.78 bits per heavy atom. The molecule has 1 aliphatic heterocycles. The van der Waals surface area contributed by atoms with Crippen molar-refractivity contribution in [3.63, 3.8) is 0 Å². The number of pyridine rings is 1. The van der Waals surface area contributed by atoms with E-state index in [1.807, 2.05) is 27.0 Å². The van der Waals surface area contributed by atoms with Crippen LogP contribution < -0.4 is 4.74 Å². The van der Waals surface area contributed by atoms with Crippen LogP contribution in [0.2, 0.25) is 0 Å². The number of carbonyl (C=O) groups excluding carboxylic acids is 1. The van der Waals surface area contributed by atoms with Gasteiger partial charge in [0, 0.05) is 29.1 Å². The lowest BCUT2D eigenvalue weighted by Gasteiger charge is -2.22. The maximum atomic E-state index is 13.6. The summed E-state index contributed by atoms with van der Waals surface area (Å²) in [6.45, 7) is 12.6. The maximum absolute atomic E-state index is 13.6. The number of aromatic nitrogens is 4. The van der Waals surface area contributed by atoms with Gasteiger partial charge in [0.15, 0.2) is 11.4 Å². The molecule has 0 amide bonds. The van der Waals surface area contributed by atoms with Gasteiger partial charge >= 0.3 is 6.09 Å². The normalized spacial score (nSPS) is 13.9. The second-order valence-corrected chi connectivity index (χ2v) is 11.7. The summed E-state index contributed by atoms with van der Waals surface area (Å²) in [6.07, 6.45) is 3.86. The minimum atomic E-state index is -0.618. The topological polar surface area (TPSA) is 70.7 Å². The highest BCUT2D eigenvalue weighted by molar-refractivity contribution is 9.11. The van der Waals surface area contributed by atoms with Crippen molar-refractivity contribution in [2.75, 3.05) is 6.61 Å². The third kappa shape index (κ3) is 3.16. The SMILES string of the molecule is Cc1c(Br)sc2c1c(C(C)C)c(-c1cn3ncnc3c3c1CCO3)n2C(=O)OC(C)(C)C. The number of halogens is 1. The van der Waals surface area contributed by atoms with Crippen LogP contribution in [-0.2, 0) is 11.2 Å². The Hall–Kier alpha value is -2.39. The van der Waals surface area contributed by atoms with Crippen LogP contribution in [-0.4, -0.2) is 37.5 Å². The Morgan fingerprint density at radius 2 is 2.09 bits per heavy atom. The zero-order valence-electron chi connectivity index (χ0n) is 18.9. The summed E-state index contributed by atoms with van der Waals surface area (Å²) in [5, 5.41) is 5.46. The van der Waals surface area contributed by atoms with Gasteiger partial charge in [-0.15, -0.1) is 11.3 Å². The smallest absolute Gasteiger partial charge is 0.420 e. The van der Waals surface area contributed by atoms with Crippen molar-refractivity contribution in [1.29, 1.82) is 0 Å². The van der Waals surface area contributed by atoms with Gasteiger partial charge in [-0.05, 0) is 60.7 Å². The average Bonchev–Trinajstić information content (AvgIpc) is 3.43. The van der Waals surface area contributed by atoms with Crippen molar-refractivity contribution in [1.82, 2.24) is 19.2 Å². The zero-order valence-corrected chi connectivity index (χ0v) is 21.3. The van der Waals surface area contributed by atoms with Crippen molar-refractivity contribution >= 4 is 49.2 Å². The Balaban J connectivity index is 1.91. The third-order valence-electron chi connectivity index (χ3n) is 5.65. The van der Waals surface area contributed by atoms with Gasteiger partial charge in [0.25, 0.3) is 0 Å². The van der Waals surface area contributed by atoms with Gasteiger partial charge in [-0.2, -0.15) is 5.10 Å². The average molecular weight is 517 g/mol. The summed E-state index contributed by atoms with van der Waals surface area (Å²) in [7, 11) is 0. The van der Waals surface area contributed by atoms with Gasteiger partial charge in [0.05, 0.1) is 16.1 Å². The zero-order chi connectivity index (χ0) is 22.9. The highest BCUT2D eigenvalue weighted by Gasteiger charge is 2.33. The van der Waals surface area contributed by atoms with E-state index in [0.717, 1.165) is 54.1 Å². The molecule has 0 saturated carbocycles. The van der Waals surface area contributed by atoms with Crippen molar-refractivity contribution in [2.24, 2.45) is 0 Å². The maximum Gasteiger partial charge on any atom is 0.420 e. The number of aryl methyl sites for hydroxylation is 1. The molecule has 1 aliphatic rings. The van der Waals surface area contributed by atoms with Crippen LogP contribution in [0.4, 0.5) is 4.79 Å². The molecule has 0 saturated heterocycles. The van der Waals surface area contributed by atoms with Crippen molar-refractivity contribution in [3.8, 4) is 17.0 Å². The van der Waals surface area contributed by atoms with E-state index >= 15 is 0 Å². The summed E-state index contributed by atoms with van der Waals surface area (Å²) in [6, 6.07) is 0. The Labute approximate surface area is 198 Å². The molecule has 7 nitrogen and oxygen atoms in total. The number of ether oxygens (including phenoxy) is 2. The number of nitrogens with zero attached hydrogens (tertiary/aromatic N) is 4. The number of fused-ring (bicyclic) bond motifs is 4. The molecule has 0 N–H and O–H groups in total. The summed E-state index contributed by atoms with van der Waals surface area (Å²) < 4.78 is 16.3. The number of rotatable bonds is 2. The van der Waals surface area contributed by atoms with Crippen molar-refractivity contribution < 1.29 is 14.3 Å².